The molecular weight excluding hydrogens is 274 g/mol. The smallest absolute Gasteiger partial charge is 0.373 e. The molecule has 2 rings (SSSR count). The van der Waals surface area contributed by atoms with Gasteiger partial charge in [0.05, 0.1) is 12.4 Å². The van der Waals surface area contributed by atoms with Gasteiger partial charge in [-0.3, -0.25) is 0 Å². The van der Waals surface area contributed by atoms with Crippen molar-refractivity contribution in [2.75, 3.05) is 12.8 Å². The van der Waals surface area contributed by atoms with Crippen molar-refractivity contribution in [1.82, 2.24) is 0 Å². The number of para-hydroxylation sites is 1. The minimum absolute atomic E-state index is 0.0532. The molecule has 2 aromatic rings. The summed E-state index contributed by atoms with van der Waals surface area (Å²) in [6.45, 7) is 3.98. The fourth-order valence-corrected chi connectivity index (χ4v) is 2.86. The Morgan fingerprint density at radius 2 is 2.10 bits per heavy atom. The second-order valence-electron chi connectivity index (χ2n) is 4.44. The minimum Gasteiger partial charge on any atom is -0.463 e. The lowest BCUT2D eigenvalue weighted by molar-refractivity contribution is 0.0563. The van der Waals surface area contributed by atoms with Gasteiger partial charge >= 0.3 is 5.97 Å². The molecule has 0 saturated heterocycles. The number of nitrogens with two attached hydrogens (primary N) is 1. The van der Waals surface area contributed by atoms with Crippen molar-refractivity contribution in [2.45, 2.75) is 24.0 Å². The van der Waals surface area contributed by atoms with Crippen LogP contribution in [0.4, 0.5) is 5.69 Å². The predicted octanol–water partition coefficient (Wildman–Crippen LogP) is 3.81. The van der Waals surface area contributed by atoms with E-state index in [1.54, 1.807) is 23.9 Å². The summed E-state index contributed by atoms with van der Waals surface area (Å²) in [5.74, 6) is 0.465. The van der Waals surface area contributed by atoms with Gasteiger partial charge in [-0.25, -0.2) is 4.79 Å². The number of rotatable bonds is 4. The Hall–Kier alpha value is -1.88. The molecule has 0 aliphatic carbocycles. The summed E-state index contributed by atoms with van der Waals surface area (Å²) in [7, 11) is 1.33. The Morgan fingerprint density at radius 1 is 1.35 bits per heavy atom. The number of nitrogen functional groups attached to an aromatic ring is 1. The van der Waals surface area contributed by atoms with E-state index in [0.29, 0.717) is 0 Å². The van der Waals surface area contributed by atoms with Crippen LogP contribution < -0.4 is 5.73 Å². The molecule has 1 unspecified atom stereocenters. The van der Waals surface area contributed by atoms with Crippen molar-refractivity contribution < 1.29 is 13.9 Å². The summed E-state index contributed by atoms with van der Waals surface area (Å²) in [4.78, 5) is 12.4. The maximum atomic E-state index is 11.4. The van der Waals surface area contributed by atoms with Crippen molar-refractivity contribution in [1.29, 1.82) is 0 Å². The summed E-state index contributed by atoms with van der Waals surface area (Å²) in [5, 5.41) is 0.0532. The number of methoxy groups -OCH3 is 1. The van der Waals surface area contributed by atoms with Gasteiger partial charge in [0.2, 0.25) is 5.76 Å². The number of carbonyl (C=O) groups is 1. The molecule has 2 N–H and O–H groups in total. The molecule has 1 aromatic carbocycles. The summed E-state index contributed by atoms with van der Waals surface area (Å²) < 4.78 is 10.1. The van der Waals surface area contributed by atoms with E-state index in [0.717, 1.165) is 21.9 Å². The number of ether oxygens (including phenoxy) is 1. The highest BCUT2D eigenvalue weighted by molar-refractivity contribution is 7.99. The first-order chi connectivity index (χ1) is 9.52. The monoisotopic (exact) mass is 291 g/mol. The molecule has 20 heavy (non-hydrogen) atoms. The molecule has 0 bridgehead atoms. The van der Waals surface area contributed by atoms with Crippen molar-refractivity contribution in [3.05, 3.63) is 47.4 Å². The first-order valence-corrected chi connectivity index (χ1v) is 7.10. The molecule has 0 radical (unpaired) electrons. The quantitative estimate of drug-likeness (QED) is 0.527. The van der Waals surface area contributed by atoms with Crippen molar-refractivity contribution >= 4 is 23.4 Å². The minimum atomic E-state index is -0.469. The lowest BCUT2D eigenvalue weighted by atomic mass is 10.2. The van der Waals surface area contributed by atoms with Gasteiger partial charge in [0.15, 0.2) is 0 Å². The Labute approximate surface area is 122 Å². The van der Waals surface area contributed by atoms with Crippen LogP contribution in [0.15, 0.2) is 39.6 Å². The summed E-state index contributed by atoms with van der Waals surface area (Å²) in [6.07, 6.45) is 0. The summed E-state index contributed by atoms with van der Waals surface area (Å²) in [5.41, 5.74) is 7.89. The number of anilines is 1. The van der Waals surface area contributed by atoms with E-state index in [1.807, 2.05) is 32.0 Å². The van der Waals surface area contributed by atoms with Crippen LogP contribution >= 0.6 is 11.8 Å². The van der Waals surface area contributed by atoms with E-state index in [9.17, 15) is 4.79 Å². The van der Waals surface area contributed by atoms with E-state index in [-0.39, 0.29) is 11.0 Å². The van der Waals surface area contributed by atoms with Crippen LogP contribution in [0.3, 0.4) is 0 Å². The third kappa shape index (κ3) is 2.99. The molecule has 1 atom stereocenters. The van der Waals surface area contributed by atoms with Gasteiger partial charge in [-0.1, -0.05) is 12.1 Å². The van der Waals surface area contributed by atoms with Crippen LogP contribution in [-0.4, -0.2) is 13.1 Å². The lowest BCUT2D eigenvalue weighted by Crippen LogP contribution is -1.98. The average molecular weight is 291 g/mol. The molecule has 0 fully saturated rings. The Kier molecular flexibility index (Phi) is 4.39. The maximum Gasteiger partial charge on any atom is 0.373 e. The zero-order valence-electron chi connectivity index (χ0n) is 11.7. The number of furan rings is 1. The number of aryl methyl sites for hydroxylation is 1. The lowest BCUT2D eigenvalue weighted by Gasteiger charge is -2.12. The van der Waals surface area contributed by atoms with Gasteiger partial charge in [0.1, 0.15) is 5.76 Å². The average Bonchev–Trinajstić information content (AvgIpc) is 2.93. The number of esters is 1. The second-order valence-corrected chi connectivity index (χ2v) is 5.82. The SMILES string of the molecule is COC(=O)c1ccc(C(C)Sc2cccc(C)c2N)o1. The number of hydrogen-bond donors (Lipinski definition) is 1. The van der Waals surface area contributed by atoms with Gasteiger partial charge in [-0.2, -0.15) is 0 Å². The molecule has 0 amide bonds. The number of thioether (sulfide) groups is 1. The highest BCUT2D eigenvalue weighted by atomic mass is 32.2. The van der Waals surface area contributed by atoms with E-state index in [4.69, 9.17) is 10.2 Å². The maximum absolute atomic E-state index is 11.4. The molecule has 1 aromatic heterocycles. The van der Waals surface area contributed by atoms with E-state index < -0.39 is 5.97 Å². The normalized spacial score (nSPS) is 12.2. The Bertz CT molecular complexity index is 621. The Morgan fingerprint density at radius 3 is 2.80 bits per heavy atom. The first kappa shape index (κ1) is 14.5. The largest absolute Gasteiger partial charge is 0.463 e. The molecule has 0 saturated carbocycles. The molecule has 0 aliphatic rings. The van der Waals surface area contributed by atoms with Crippen molar-refractivity contribution in [3.63, 3.8) is 0 Å². The number of hydrogen-bond acceptors (Lipinski definition) is 5. The van der Waals surface area contributed by atoms with E-state index >= 15 is 0 Å². The number of benzene rings is 1. The van der Waals surface area contributed by atoms with Crippen LogP contribution in [0.5, 0.6) is 0 Å². The van der Waals surface area contributed by atoms with Gasteiger partial charge in [0.25, 0.3) is 0 Å². The molecule has 1 heterocycles. The van der Waals surface area contributed by atoms with Crippen LogP contribution in [-0.2, 0) is 4.74 Å². The van der Waals surface area contributed by atoms with Gasteiger partial charge in [-0.15, -0.1) is 11.8 Å². The molecule has 4 nitrogen and oxygen atoms in total. The zero-order chi connectivity index (χ0) is 14.7. The molecule has 0 spiro atoms. The highest BCUT2D eigenvalue weighted by Gasteiger charge is 2.17. The topological polar surface area (TPSA) is 65.5 Å². The Balaban J connectivity index is 2.16. The fourth-order valence-electron chi connectivity index (χ4n) is 1.79. The van der Waals surface area contributed by atoms with Gasteiger partial charge < -0.3 is 14.9 Å². The number of carbonyl (C=O) groups excluding carboxylic acids is 1. The van der Waals surface area contributed by atoms with Crippen LogP contribution in [0.25, 0.3) is 0 Å². The first-order valence-electron chi connectivity index (χ1n) is 6.22. The van der Waals surface area contributed by atoms with Crippen LogP contribution in [0, 0.1) is 6.92 Å². The predicted molar refractivity (Wildman–Crippen MR) is 79.9 cm³/mol. The van der Waals surface area contributed by atoms with Gasteiger partial charge in [0, 0.05) is 10.6 Å². The summed E-state index contributed by atoms with van der Waals surface area (Å²) in [6, 6.07) is 9.34. The third-order valence-corrected chi connectivity index (χ3v) is 4.20. The fraction of sp³-hybridized carbons (Fsp3) is 0.267. The highest BCUT2D eigenvalue weighted by Crippen LogP contribution is 2.39. The van der Waals surface area contributed by atoms with Crippen LogP contribution in [0.1, 0.15) is 34.1 Å². The van der Waals surface area contributed by atoms with E-state index in [2.05, 4.69) is 4.74 Å². The third-order valence-electron chi connectivity index (χ3n) is 3.00. The summed E-state index contributed by atoms with van der Waals surface area (Å²) >= 11 is 1.60. The standard InChI is InChI=1S/C15H17NO3S/c1-9-5-4-6-13(14(9)16)20-10(2)11-7-8-12(19-11)15(17)18-3/h4-8,10H,16H2,1-3H3. The molecule has 5 heteroatoms. The molecule has 106 valence electrons. The molecule has 0 aliphatic heterocycles. The zero-order valence-corrected chi connectivity index (χ0v) is 12.5. The molecular formula is C15H17NO3S. The van der Waals surface area contributed by atoms with E-state index in [1.165, 1.54) is 7.11 Å². The van der Waals surface area contributed by atoms with Crippen molar-refractivity contribution in [2.24, 2.45) is 0 Å². The van der Waals surface area contributed by atoms with Gasteiger partial charge in [-0.05, 0) is 37.6 Å². The van der Waals surface area contributed by atoms with Crippen molar-refractivity contribution in [3.8, 4) is 0 Å². The van der Waals surface area contributed by atoms with Crippen LogP contribution in [0.2, 0.25) is 0 Å². The second kappa shape index (κ2) is 6.05.